The number of rotatable bonds is 4. The van der Waals surface area contributed by atoms with E-state index in [-0.39, 0.29) is 11.5 Å². The number of hydrogen-bond donors (Lipinski definition) is 1. The van der Waals surface area contributed by atoms with Gasteiger partial charge in [0, 0.05) is 36.7 Å². The second kappa shape index (κ2) is 5.43. The van der Waals surface area contributed by atoms with Crippen LogP contribution in [0.3, 0.4) is 0 Å². The predicted molar refractivity (Wildman–Crippen MR) is 79.5 cm³/mol. The smallest absolute Gasteiger partial charge is 0.126 e. The van der Waals surface area contributed by atoms with Crippen LogP contribution >= 0.6 is 11.3 Å². The third kappa shape index (κ3) is 3.22. The van der Waals surface area contributed by atoms with Crippen molar-refractivity contribution in [3.05, 3.63) is 34.3 Å². The van der Waals surface area contributed by atoms with E-state index in [0.717, 1.165) is 17.3 Å². The number of thiazole rings is 1. The first-order valence-electron chi connectivity index (χ1n) is 6.51. The van der Waals surface area contributed by atoms with E-state index < -0.39 is 0 Å². The van der Waals surface area contributed by atoms with Crippen LogP contribution < -0.4 is 5.32 Å². The van der Waals surface area contributed by atoms with Gasteiger partial charge in [-0.1, -0.05) is 20.8 Å². The quantitative estimate of drug-likeness (QED) is 0.935. The number of nitrogens with zero attached hydrogens (tertiary/aromatic N) is 3. The predicted octanol–water partition coefficient (Wildman–Crippen LogP) is 2.68. The van der Waals surface area contributed by atoms with Gasteiger partial charge in [-0.05, 0) is 7.05 Å². The topological polar surface area (TPSA) is 42.7 Å². The minimum atomic E-state index is 0.118. The number of aryl methyl sites for hydroxylation is 1. The van der Waals surface area contributed by atoms with Crippen LogP contribution in [0.1, 0.15) is 43.3 Å². The highest BCUT2D eigenvalue weighted by molar-refractivity contribution is 7.09. The van der Waals surface area contributed by atoms with Crippen LogP contribution in [-0.2, 0) is 18.9 Å². The van der Waals surface area contributed by atoms with Gasteiger partial charge in [0.15, 0.2) is 0 Å². The summed E-state index contributed by atoms with van der Waals surface area (Å²) < 4.78 is 2.06. The number of aromatic nitrogens is 3. The third-order valence-corrected chi connectivity index (χ3v) is 4.09. The first-order chi connectivity index (χ1) is 8.91. The van der Waals surface area contributed by atoms with Crippen LogP contribution in [0.25, 0.3) is 0 Å². The summed E-state index contributed by atoms with van der Waals surface area (Å²) in [7, 11) is 3.99. The largest absolute Gasteiger partial charge is 0.337 e. The third-order valence-electron chi connectivity index (χ3n) is 3.22. The summed E-state index contributed by atoms with van der Waals surface area (Å²) in [6.07, 6.45) is 4.69. The van der Waals surface area contributed by atoms with Gasteiger partial charge in [-0.3, -0.25) is 0 Å². The van der Waals surface area contributed by atoms with Gasteiger partial charge in [0.05, 0.1) is 16.7 Å². The van der Waals surface area contributed by atoms with E-state index >= 15 is 0 Å². The van der Waals surface area contributed by atoms with E-state index in [4.69, 9.17) is 4.98 Å². The summed E-state index contributed by atoms with van der Waals surface area (Å²) in [4.78, 5) is 9.17. The van der Waals surface area contributed by atoms with Crippen LogP contribution in [0.15, 0.2) is 17.8 Å². The summed E-state index contributed by atoms with van der Waals surface area (Å²) >= 11 is 1.74. The van der Waals surface area contributed by atoms with Crippen molar-refractivity contribution in [2.75, 3.05) is 7.05 Å². The minimum Gasteiger partial charge on any atom is -0.337 e. The Morgan fingerprint density at radius 2 is 2.16 bits per heavy atom. The lowest BCUT2D eigenvalue weighted by Gasteiger charge is -2.16. The normalized spacial score (nSPS) is 13.7. The van der Waals surface area contributed by atoms with Crippen molar-refractivity contribution in [3.63, 3.8) is 0 Å². The zero-order valence-corrected chi connectivity index (χ0v) is 13.1. The van der Waals surface area contributed by atoms with Gasteiger partial charge >= 0.3 is 0 Å². The molecule has 2 rings (SSSR count). The molecule has 0 aromatic carbocycles. The summed E-state index contributed by atoms with van der Waals surface area (Å²) in [5.74, 6) is 1.05. The fourth-order valence-corrected chi connectivity index (χ4v) is 3.03. The molecule has 104 valence electrons. The molecule has 0 saturated carbocycles. The maximum atomic E-state index is 4.75. The SMILES string of the molecule is CNC(Cc1nc(C(C)(C)C)cs1)c1nccn1C. The van der Waals surface area contributed by atoms with E-state index in [1.165, 1.54) is 5.69 Å². The number of imidazole rings is 1. The molecule has 2 heterocycles. The first kappa shape index (κ1) is 14.2. The van der Waals surface area contributed by atoms with Gasteiger partial charge in [0.25, 0.3) is 0 Å². The van der Waals surface area contributed by atoms with Crippen LogP contribution in [0, 0.1) is 0 Å². The molecule has 0 saturated heterocycles. The van der Waals surface area contributed by atoms with Crippen molar-refractivity contribution in [2.24, 2.45) is 7.05 Å². The van der Waals surface area contributed by atoms with Crippen LogP contribution in [0.2, 0.25) is 0 Å². The Morgan fingerprint density at radius 1 is 1.42 bits per heavy atom. The molecule has 0 aliphatic carbocycles. The molecule has 0 spiro atoms. The van der Waals surface area contributed by atoms with E-state index in [1.54, 1.807) is 11.3 Å². The van der Waals surface area contributed by atoms with Gasteiger partial charge in [-0.2, -0.15) is 0 Å². The van der Waals surface area contributed by atoms with E-state index in [0.29, 0.717) is 0 Å². The van der Waals surface area contributed by atoms with Gasteiger partial charge in [-0.15, -0.1) is 11.3 Å². The molecule has 2 aromatic rings. The lowest BCUT2D eigenvalue weighted by atomic mass is 9.93. The lowest BCUT2D eigenvalue weighted by molar-refractivity contribution is 0.530. The van der Waals surface area contributed by atoms with Crippen molar-refractivity contribution in [3.8, 4) is 0 Å². The van der Waals surface area contributed by atoms with Crippen molar-refractivity contribution >= 4 is 11.3 Å². The summed E-state index contributed by atoms with van der Waals surface area (Å²) in [5.41, 5.74) is 1.29. The van der Waals surface area contributed by atoms with Gasteiger partial charge in [-0.25, -0.2) is 9.97 Å². The summed E-state index contributed by atoms with van der Waals surface area (Å²) in [5, 5.41) is 6.65. The van der Waals surface area contributed by atoms with Crippen molar-refractivity contribution in [2.45, 2.75) is 38.6 Å². The molecular weight excluding hydrogens is 256 g/mol. The molecule has 2 aromatic heterocycles. The molecule has 1 N–H and O–H groups in total. The molecule has 19 heavy (non-hydrogen) atoms. The molecule has 0 bridgehead atoms. The second-order valence-electron chi connectivity index (χ2n) is 5.82. The highest BCUT2D eigenvalue weighted by Gasteiger charge is 2.20. The molecule has 1 unspecified atom stereocenters. The van der Waals surface area contributed by atoms with Gasteiger partial charge in [0.2, 0.25) is 0 Å². The maximum Gasteiger partial charge on any atom is 0.126 e. The first-order valence-corrected chi connectivity index (χ1v) is 7.39. The fourth-order valence-electron chi connectivity index (χ4n) is 1.96. The minimum absolute atomic E-state index is 0.118. The molecule has 0 aliphatic rings. The highest BCUT2D eigenvalue weighted by atomic mass is 32.1. The van der Waals surface area contributed by atoms with Crippen LogP contribution in [0.5, 0.6) is 0 Å². The van der Waals surface area contributed by atoms with Crippen molar-refractivity contribution in [1.29, 1.82) is 0 Å². The summed E-state index contributed by atoms with van der Waals surface area (Å²) in [6, 6.07) is 0.207. The average Bonchev–Trinajstić information content (AvgIpc) is 2.94. The number of hydrogen-bond acceptors (Lipinski definition) is 4. The monoisotopic (exact) mass is 278 g/mol. The van der Waals surface area contributed by atoms with Crippen LogP contribution in [0.4, 0.5) is 0 Å². The molecular formula is C14H22N4S. The Morgan fingerprint density at radius 3 is 2.63 bits per heavy atom. The number of nitrogens with one attached hydrogen (secondary N) is 1. The summed E-state index contributed by atoms with van der Waals surface area (Å²) in [6.45, 7) is 6.58. The standard InChI is InChI=1S/C14H22N4S/c1-14(2,3)11-9-19-12(17-11)8-10(15-4)13-16-6-7-18(13)5/h6-7,9-10,15H,8H2,1-5H3. The second-order valence-corrected chi connectivity index (χ2v) is 6.76. The fraction of sp³-hybridized carbons (Fsp3) is 0.571. The highest BCUT2D eigenvalue weighted by Crippen LogP contribution is 2.26. The van der Waals surface area contributed by atoms with Gasteiger partial charge in [0.1, 0.15) is 5.82 Å². The lowest BCUT2D eigenvalue weighted by Crippen LogP contribution is -2.22. The average molecular weight is 278 g/mol. The number of likely N-dealkylation sites (N-methyl/N-ethyl adjacent to an activating group) is 1. The Hall–Kier alpha value is -1.20. The molecule has 0 aliphatic heterocycles. The molecule has 1 atom stereocenters. The Labute approximate surface area is 118 Å². The Kier molecular flexibility index (Phi) is 4.06. The van der Waals surface area contributed by atoms with Crippen molar-refractivity contribution < 1.29 is 0 Å². The van der Waals surface area contributed by atoms with E-state index in [9.17, 15) is 0 Å². The Bertz CT molecular complexity index is 536. The molecule has 4 nitrogen and oxygen atoms in total. The van der Waals surface area contributed by atoms with Crippen molar-refractivity contribution in [1.82, 2.24) is 19.9 Å². The zero-order chi connectivity index (χ0) is 14.0. The zero-order valence-electron chi connectivity index (χ0n) is 12.3. The Balaban J connectivity index is 2.16. The van der Waals surface area contributed by atoms with E-state index in [1.807, 2.05) is 26.5 Å². The van der Waals surface area contributed by atoms with Crippen LogP contribution in [-0.4, -0.2) is 21.6 Å². The maximum absolute atomic E-state index is 4.75. The molecule has 5 heteroatoms. The molecule has 0 amide bonds. The molecule has 0 fully saturated rings. The van der Waals surface area contributed by atoms with E-state index in [2.05, 4.69) is 41.0 Å². The van der Waals surface area contributed by atoms with Gasteiger partial charge < -0.3 is 9.88 Å². The molecule has 0 radical (unpaired) electrons.